The molecule has 1 N–H and O–H groups in total. The molecule has 0 bridgehead atoms. The molecule has 2 aromatic carbocycles. The Bertz CT molecular complexity index is 966. The number of methoxy groups -OCH3 is 1. The Morgan fingerprint density at radius 1 is 1.25 bits per heavy atom. The van der Waals surface area contributed by atoms with Gasteiger partial charge in [-0.15, -0.1) is 0 Å². The average molecular weight is 342 g/mol. The van der Waals surface area contributed by atoms with Crippen LogP contribution in [0.25, 0.3) is 10.9 Å². The molecule has 0 radical (unpaired) electrons. The molecule has 0 atom stereocenters. The summed E-state index contributed by atoms with van der Waals surface area (Å²) in [4.78, 5) is 14.5. The van der Waals surface area contributed by atoms with E-state index >= 15 is 0 Å². The molecule has 3 rings (SSSR count). The number of H-pyrrole nitrogens is 1. The Hall–Kier alpha value is -2.79. The van der Waals surface area contributed by atoms with E-state index in [0.29, 0.717) is 15.9 Å². The summed E-state index contributed by atoms with van der Waals surface area (Å²) in [5, 5.41) is 8.24. The van der Waals surface area contributed by atoms with E-state index in [2.05, 4.69) is 10.1 Å². The van der Waals surface area contributed by atoms with Crippen molar-refractivity contribution in [1.29, 1.82) is 0 Å². The number of halogens is 1. The van der Waals surface area contributed by atoms with E-state index in [9.17, 15) is 4.79 Å². The summed E-state index contributed by atoms with van der Waals surface area (Å²) >= 11 is 6.11. The second-order valence-electron chi connectivity index (χ2n) is 5.23. The third kappa shape index (κ3) is 3.12. The number of nitrogens with zero attached hydrogens (tertiary/aromatic N) is 2. The minimum absolute atomic E-state index is 0.458. The molecule has 0 saturated carbocycles. The van der Waals surface area contributed by atoms with Crippen molar-refractivity contribution in [1.82, 2.24) is 4.98 Å². The van der Waals surface area contributed by atoms with Crippen molar-refractivity contribution < 1.29 is 9.53 Å². The molecule has 0 fully saturated rings. The van der Waals surface area contributed by atoms with Crippen LogP contribution >= 0.6 is 11.6 Å². The number of rotatable bonds is 4. The van der Waals surface area contributed by atoms with E-state index in [-0.39, 0.29) is 0 Å². The average Bonchev–Trinajstić information content (AvgIpc) is 2.62. The molecule has 0 saturated heterocycles. The maximum atomic E-state index is 11.4. The smallest absolute Gasteiger partial charge is 0.153 e. The third-order valence-corrected chi connectivity index (χ3v) is 3.93. The van der Waals surface area contributed by atoms with Crippen LogP contribution in [0, 0.1) is 0 Å². The van der Waals surface area contributed by atoms with E-state index in [1.165, 1.54) is 0 Å². The highest BCUT2D eigenvalue weighted by Gasteiger charge is 2.06. The number of carbonyl (C=O) groups excluding carboxylic acids is 1. The van der Waals surface area contributed by atoms with Crippen molar-refractivity contribution in [3.63, 3.8) is 0 Å². The van der Waals surface area contributed by atoms with Gasteiger partial charge in [-0.3, -0.25) is 9.80 Å². The summed E-state index contributed by atoms with van der Waals surface area (Å²) in [6, 6.07) is 13.0. The lowest BCUT2D eigenvalue weighted by atomic mass is 10.1. The number of aromatic amines is 1. The molecule has 1 heterocycles. The highest BCUT2D eigenvalue weighted by Crippen LogP contribution is 2.20. The molecule has 0 aliphatic heterocycles. The molecule has 122 valence electrons. The monoisotopic (exact) mass is 341 g/mol. The van der Waals surface area contributed by atoms with Gasteiger partial charge in [-0.05, 0) is 30.3 Å². The van der Waals surface area contributed by atoms with Gasteiger partial charge in [0.05, 0.1) is 18.4 Å². The van der Waals surface area contributed by atoms with Crippen LogP contribution in [0.3, 0.4) is 0 Å². The van der Waals surface area contributed by atoms with Crippen molar-refractivity contribution in [2.75, 3.05) is 19.2 Å². The maximum absolute atomic E-state index is 11.4. The number of pyridine rings is 1. The zero-order valence-electron chi connectivity index (χ0n) is 13.3. The van der Waals surface area contributed by atoms with E-state index in [0.717, 1.165) is 28.6 Å². The third-order valence-electron chi connectivity index (χ3n) is 3.70. The minimum Gasteiger partial charge on any atom is -0.497 e. The highest BCUT2D eigenvalue weighted by atomic mass is 35.5. The number of fused-ring (bicyclic) bond motifs is 1. The van der Waals surface area contributed by atoms with Crippen molar-refractivity contribution >= 4 is 34.5 Å². The van der Waals surface area contributed by atoms with Gasteiger partial charge in [0.25, 0.3) is 0 Å². The van der Waals surface area contributed by atoms with E-state index < -0.39 is 0 Å². The second kappa shape index (κ2) is 6.76. The first-order valence-corrected chi connectivity index (χ1v) is 7.68. The zero-order valence-corrected chi connectivity index (χ0v) is 14.0. The van der Waals surface area contributed by atoms with Gasteiger partial charge in [-0.2, -0.15) is 5.10 Å². The first-order chi connectivity index (χ1) is 11.6. The molecule has 5 nitrogen and oxygen atoms in total. The van der Waals surface area contributed by atoms with Crippen molar-refractivity contribution in [3.8, 4) is 5.75 Å². The van der Waals surface area contributed by atoms with Gasteiger partial charge in [-0.1, -0.05) is 17.7 Å². The molecule has 0 aliphatic rings. The Morgan fingerprint density at radius 3 is 2.83 bits per heavy atom. The van der Waals surface area contributed by atoms with Gasteiger partial charge in [0, 0.05) is 35.2 Å². The highest BCUT2D eigenvalue weighted by molar-refractivity contribution is 6.31. The van der Waals surface area contributed by atoms with Crippen LogP contribution in [0.4, 0.5) is 5.69 Å². The fourth-order valence-electron chi connectivity index (χ4n) is 2.44. The van der Waals surface area contributed by atoms with Crippen molar-refractivity contribution in [2.45, 2.75) is 0 Å². The summed E-state index contributed by atoms with van der Waals surface area (Å²) in [6.07, 6.45) is 2.41. The number of aldehydes is 1. The van der Waals surface area contributed by atoms with Crippen LogP contribution in [0.5, 0.6) is 5.75 Å². The summed E-state index contributed by atoms with van der Waals surface area (Å²) in [5.74, 6) is 0.736. The number of carbonyl (C=O) groups is 1. The quantitative estimate of drug-likeness (QED) is 0.582. The molecule has 0 unspecified atom stereocenters. The normalized spacial score (nSPS) is 11.5. The number of aromatic nitrogens is 1. The lowest BCUT2D eigenvalue weighted by molar-refractivity contribution is 0.112. The summed E-state index contributed by atoms with van der Waals surface area (Å²) in [6.45, 7) is 0. The van der Waals surface area contributed by atoms with Crippen molar-refractivity contribution in [2.24, 2.45) is 5.10 Å². The molecular formula is C18H16ClN3O2. The maximum Gasteiger partial charge on any atom is 0.153 e. The van der Waals surface area contributed by atoms with Crippen LogP contribution in [0.15, 0.2) is 53.8 Å². The van der Waals surface area contributed by atoms with Crippen LogP contribution in [0.1, 0.15) is 10.4 Å². The number of ether oxygens (including phenoxy) is 1. The van der Waals surface area contributed by atoms with Crippen molar-refractivity contribution in [3.05, 3.63) is 64.6 Å². The van der Waals surface area contributed by atoms with Gasteiger partial charge in [0.2, 0.25) is 0 Å². The van der Waals surface area contributed by atoms with Gasteiger partial charge >= 0.3 is 0 Å². The van der Waals surface area contributed by atoms with Gasteiger partial charge in [-0.25, -0.2) is 0 Å². The van der Waals surface area contributed by atoms with Crippen LogP contribution in [-0.2, 0) is 0 Å². The molecular weight excluding hydrogens is 326 g/mol. The predicted octanol–water partition coefficient (Wildman–Crippen LogP) is 3.59. The van der Waals surface area contributed by atoms with E-state index in [1.807, 2.05) is 37.4 Å². The first kappa shape index (κ1) is 16.1. The standard InChI is InChI=1S/C18H16ClN3O2/c1-22(14-4-3-5-15(9-14)24-2)21-18-12(11-23)10-20-17-7-6-13(19)8-16(17)18/h3-11H,1-2H3,(H,20,21). The molecule has 3 aromatic rings. The molecule has 24 heavy (non-hydrogen) atoms. The minimum atomic E-state index is 0.458. The summed E-state index contributed by atoms with van der Waals surface area (Å²) in [7, 11) is 3.43. The first-order valence-electron chi connectivity index (χ1n) is 7.31. The SMILES string of the molecule is COc1cccc(N(C)/N=c2\c(C=O)c[nH]c3ccc(Cl)cc23)c1. The Balaban J connectivity index is 2.20. The van der Waals surface area contributed by atoms with Crippen LogP contribution in [-0.4, -0.2) is 25.4 Å². The number of nitrogens with one attached hydrogen (secondary N) is 1. The molecule has 0 spiro atoms. The number of hydrogen-bond acceptors (Lipinski definition) is 4. The number of benzene rings is 2. The molecule has 1 aromatic heterocycles. The predicted molar refractivity (Wildman–Crippen MR) is 95.7 cm³/mol. The Morgan fingerprint density at radius 2 is 2.08 bits per heavy atom. The van der Waals surface area contributed by atoms with Gasteiger partial charge < -0.3 is 9.72 Å². The fourth-order valence-corrected chi connectivity index (χ4v) is 2.61. The zero-order chi connectivity index (χ0) is 17.1. The Labute approximate surface area is 144 Å². The van der Waals surface area contributed by atoms with Gasteiger partial charge in [0.15, 0.2) is 6.29 Å². The topological polar surface area (TPSA) is 57.7 Å². The fraction of sp³-hybridized carbons (Fsp3) is 0.111. The van der Waals surface area contributed by atoms with Crippen LogP contribution < -0.4 is 15.1 Å². The molecule has 0 aliphatic carbocycles. The summed E-state index contributed by atoms with van der Waals surface area (Å²) < 4.78 is 5.24. The molecule has 0 amide bonds. The van der Waals surface area contributed by atoms with Gasteiger partial charge in [0.1, 0.15) is 11.1 Å². The van der Waals surface area contributed by atoms with E-state index in [1.54, 1.807) is 30.4 Å². The largest absolute Gasteiger partial charge is 0.497 e. The lowest BCUT2D eigenvalue weighted by Gasteiger charge is -2.14. The second-order valence-corrected chi connectivity index (χ2v) is 5.66. The molecule has 6 heteroatoms. The number of anilines is 1. The lowest BCUT2D eigenvalue weighted by Crippen LogP contribution is -2.20. The summed E-state index contributed by atoms with van der Waals surface area (Å²) in [5.41, 5.74) is 2.15. The number of hydrogen-bond donors (Lipinski definition) is 1. The Kier molecular flexibility index (Phi) is 4.53. The van der Waals surface area contributed by atoms with E-state index in [4.69, 9.17) is 16.3 Å². The van der Waals surface area contributed by atoms with Crippen LogP contribution in [0.2, 0.25) is 5.02 Å².